The standard InChI is InChI=1S/C20H26N2O/c1-15(2)12-17-14-23-20(22-17)18-10-6-7-11-19(18)21-13-16-8-4-3-5-9-16/h3-11,15,17,20-22H,12-14H2,1-2H3. The van der Waals surface area contributed by atoms with E-state index in [1.54, 1.807) is 0 Å². The van der Waals surface area contributed by atoms with Crippen LogP contribution in [0.5, 0.6) is 0 Å². The molecule has 0 amide bonds. The second-order valence-electron chi connectivity index (χ2n) is 6.63. The summed E-state index contributed by atoms with van der Waals surface area (Å²) in [5.74, 6) is 0.682. The molecule has 0 aliphatic carbocycles. The molecule has 2 aromatic rings. The van der Waals surface area contributed by atoms with Gasteiger partial charge in [0.1, 0.15) is 6.23 Å². The Morgan fingerprint density at radius 3 is 2.61 bits per heavy atom. The third-order valence-corrected chi connectivity index (χ3v) is 4.18. The first-order chi connectivity index (χ1) is 11.2. The van der Waals surface area contributed by atoms with Crippen LogP contribution in [0.15, 0.2) is 54.6 Å². The van der Waals surface area contributed by atoms with Gasteiger partial charge in [-0.15, -0.1) is 0 Å². The van der Waals surface area contributed by atoms with E-state index in [0.717, 1.165) is 25.3 Å². The Kier molecular flexibility index (Phi) is 5.31. The zero-order valence-electron chi connectivity index (χ0n) is 14.0. The average Bonchev–Trinajstić information content (AvgIpc) is 3.02. The molecule has 2 atom stereocenters. The van der Waals surface area contributed by atoms with Gasteiger partial charge >= 0.3 is 0 Å². The van der Waals surface area contributed by atoms with Gasteiger partial charge in [-0.25, -0.2) is 0 Å². The highest BCUT2D eigenvalue weighted by atomic mass is 16.5. The van der Waals surface area contributed by atoms with Crippen molar-refractivity contribution >= 4 is 5.69 Å². The molecule has 0 spiro atoms. The summed E-state index contributed by atoms with van der Waals surface area (Å²) in [4.78, 5) is 0. The Balaban J connectivity index is 1.66. The fourth-order valence-electron chi connectivity index (χ4n) is 3.09. The molecule has 2 unspecified atom stereocenters. The second-order valence-corrected chi connectivity index (χ2v) is 6.63. The molecule has 1 aliphatic rings. The summed E-state index contributed by atoms with van der Waals surface area (Å²) in [5.41, 5.74) is 3.61. The van der Waals surface area contributed by atoms with E-state index in [2.05, 4.69) is 73.0 Å². The predicted molar refractivity (Wildman–Crippen MR) is 95.3 cm³/mol. The van der Waals surface area contributed by atoms with Gasteiger partial charge in [-0.05, 0) is 24.0 Å². The second kappa shape index (κ2) is 7.62. The van der Waals surface area contributed by atoms with Crippen molar-refractivity contribution in [3.63, 3.8) is 0 Å². The Bertz CT molecular complexity index is 612. The lowest BCUT2D eigenvalue weighted by atomic mass is 10.0. The highest BCUT2D eigenvalue weighted by Gasteiger charge is 2.27. The maximum absolute atomic E-state index is 5.99. The van der Waals surface area contributed by atoms with E-state index in [1.807, 2.05) is 6.07 Å². The molecule has 122 valence electrons. The lowest BCUT2D eigenvalue weighted by molar-refractivity contribution is 0.101. The minimum atomic E-state index is -0.0155. The van der Waals surface area contributed by atoms with Gasteiger partial charge in [-0.1, -0.05) is 62.4 Å². The third-order valence-electron chi connectivity index (χ3n) is 4.18. The van der Waals surface area contributed by atoms with Crippen molar-refractivity contribution in [3.8, 4) is 0 Å². The highest BCUT2D eigenvalue weighted by molar-refractivity contribution is 5.52. The van der Waals surface area contributed by atoms with Crippen molar-refractivity contribution < 1.29 is 4.74 Å². The first-order valence-corrected chi connectivity index (χ1v) is 8.46. The van der Waals surface area contributed by atoms with E-state index in [1.165, 1.54) is 11.1 Å². The first kappa shape index (κ1) is 16.0. The van der Waals surface area contributed by atoms with Crippen LogP contribution in [-0.4, -0.2) is 12.6 Å². The molecule has 0 saturated carbocycles. The molecule has 3 heteroatoms. The molecule has 3 nitrogen and oxygen atoms in total. The van der Waals surface area contributed by atoms with Crippen molar-refractivity contribution in [2.75, 3.05) is 11.9 Å². The third kappa shape index (κ3) is 4.34. The molecule has 0 aromatic heterocycles. The number of rotatable bonds is 6. The van der Waals surface area contributed by atoms with Gasteiger partial charge in [0.15, 0.2) is 0 Å². The molecule has 0 bridgehead atoms. The lowest BCUT2D eigenvalue weighted by Gasteiger charge is -2.18. The van der Waals surface area contributed by atoms with Crippen LogP contribution in [-0.2, 0) is 11.3 Å². The molecule has 1 fully saturated rings. The highest BCUT2D eigenvalue weighted by Crippen LogP contribution is 2.29. The number of hydrogen-bond donors (Lipinski definition) is 2. The van der Waals surface area contributed by atoms with Crippen LogP contribution in [0.25, 0.3) is 0 Å². The Morgan fingerprint density at radius 2 is 1.83 bits per heavy atom. The SMILES string of the molecule is CC(C)CC1COC(c2ccccc2NCc2ccccc2)N1. The summed E-state index contributed by atoms with van der Waals surface area (Å²) < 4.78 is 5.99. The molecule has 2 aromatic carbocycles. The minimum Gasteiger partial charge on any atom is -0.381 e. The summed E-state index contributed by atoms with van der Waals surface area (Å²) in [6, 6.07) is 19.3. The summed E-state index contributed by atoms with van der Waals surface area (Å²) in [5, 5.41) is 7.16. The van der Waals surface area contributed by atoms with Crippen LogP contribution in [0.4, 0.5) is 5.69 Å². The van der Waals surface area contributed by atoms with Gasteiger partial charge in [0, 0.05) is 23.8 Å². The number of anilines is 1. The summed E-state index contributed by atoms with van der Waals surface area (Å²) in [6.07, 6.45) is 1.13. The number of para-hydroxylation sites is 1. The van der Waals surface area contributed by atoms with Crippen LogP contribution in [0, 0.1) is 5.92 Å². The van der Waals surface area contributed by atoms with E-state index < -0.39 is 0 Å². The number of ether oxygens (including phenoxy) is 1. The van der Waals surface area contributed by atoms with Gasteiger partial charge < -0.3 is 10.1 Å². The predicted octanol–water partition coefficient (Wildman–Crippen LogP) is 4.33. The average molecular weight is 310 g/mol. The molecule has 1 saturated heterocycles. The van der Waals surface area contributed by atoms with Crippen molar-refractivity contribution in [2.45, 2.75) is 39.1 Å². The van der Waals surface area contributed by atoms with E-state index >= 15 is 0 Å². The molecule has 2 N–H and O–H groups in total. The number of benzene rings is 2. The fourth-order valence-corrected chi connectivity index (χ4v) is 3.09. The van der Waals surface area contributed by atoms with Crippen LogP contribution < -0.4 is 10.6 Å². The largest absolute Gasteiger partial charge is 0.381 e. The molecular weight excluding hydrogens is 284 g/mol. The smallest absolute Gasteiger partial charge is 0.136 e. The van der Waals surface area contributed by atoms with E-state index in [4.69, 9.17) is 4.74 Å². The fraction of sp³-hybridized carbons (Fsp3) is 0.400. The van der Waals surface area contributed by atoms with Crippen LogP contribution in [0.1, 0.15) is 37.6 Å². The molecule has 1 aliphatic heterocycles. The molecule has 23 heavy (non-hydrogen) atoms. The normalized spacial score (nSPS) is 20.8. The Labute approximate surface area is 139 Å². The van der Waals surface area contributed by atoms with E-state index in [0.29, 0.717) is 12.0 Å². The zero-order valence-corrected chi connectivity index (χ0v) is 14.0. The number of nitrogens with one attached hydrogen (secondary N) is 2. The van der Waals surface area contributed by atoms with Crippen LogP contribution >= 0.6 is 0 Å². The first-order valence-electron chi connectivity index (χ1n) is 8.46. The van der Waals surface area contributed by atoms with Crippen molar-refractivity contribution in [1.82, 2.24) is 5.32 Å². The quantitative estimate of drug-likeness (QED) is 0.833. The number of hydrogen-bond acceptors (Lipinski definition) is 3. The Morgan fingerprint density at radius 1 is 1.09 bits per heavy atom. The minimum absolute atomic E-state index is 0.0155. The van der Waals surface area contributed by atoms with Crippen LogP contribution in [0.2, 0.25) is 0 Å². The molecule has 0 radical (unpaired) electrons. The van der Waals surface area contributed by atoms with Crippen LogP contribution in [0.3, 0.4) is 0 Å². The molecule has 3 rings (SSSR count). The topological polar surface area (TPSA) is 33.3 Å². The summed E-state index contributed by atoms with van der Waals surface area (Å²) in [7, 11) is 0. The molecule has 1 heterocycles. The van der Waals surface area contributed by atoms with Gasteiger partial charge in [0.25, 0.3) is 0 Å². The van der Waals surface area contributed by atoms with Gasteiger partial charge in [-0.3, -0.25) is 5.32 Å². The van der Waals surface area contributed by atoms with Crippen molar-refractivity contribution in [2.24, 2.45) is 5.92 Å². The van der Waals surface area contributed by atoms with Gasteiger partial charge in [0.2, 0.25) is 0 Å². The maximum Gasteiger partial charge on any atom is 0.136 e. The van der Waals surface area contributed by atoms with Crippen molar-refractivity contribution in [1.29, 1.82) is 0 Å². The summed E-state index contributed by atoms with van der Waals surface area (Å²) in [6.45, 7) is 6.12. The lowest BCUT2D eigenvalue weighted by Crippen LogP contribution is -2.27. The van der Waals surface area contributed by atoms with E-state index in [9.17, 15) is 0 Å². The zero-order chi connectivity index (χ0) is 16.1. The monoisotopic (exact) mass is 310 g/mol. The Hall–Kier alpha value is -1.84. The van der Waals surface area contributed by atoms with Gasteiger partial charge in [-0.2, -0.15) is 0 Å². The maximum atomic E-state index is 5.99. The molecular formula is C20H26N2O. The van der Waals surface area contributed by atoms with Gasteiger partial charge in [0.05, 0.1) is 6.61 Å². The summed E-state index contributed by atoms with van der Waals surface area (Å²) >= 11 is 0. The van der Waals surface area contributed by atoms with E-state index in [-0.39, 0.29) is 6.23 Å². The van der Waals surface area contributed by atoms with Crippen molar-refractivity contribution in [3.05, 3.63) is 65.7 Å².